The monoisotopic (exact) mass is 351 g/mol. The summed E-state index contributed by atoms with van der Waals surface area (Å²) < 4.78 is 6.27. The second kappa shape index (κ2) is 7.40. The van der Waals surface area contributed by atoms with Crippen LogP contribution in [-0.4, -0.2) is 49.3 Å². The molecule has 1 spiro atoms. The smallest absolute Gasteiger partial charge is 0.0798 e. The molecule has 24 heavy (non-hydrogen) atoms. The molecular weight excluding hydrogens is 318 g/mol. The van der Waals surface area contributed by atoms with Crippen molar-refractivity contribution >= 4 is 11.3 Å². The second-order valence-electron chi connectivity index (χ2n) is 8.59. The summed E-state index contributed by atoms with van der Waals surface area (Å²) in [5, 5.41) is 3.22. The fourth-order valence-corrected chi connectivity index (χ4v) is 5.35. The predicted molar refractivity (Wildman–Crippen MR) is 101 cm³/mol. The van der Waals surface area contributed by atoms with E-state index in [0.717, 1.165) is 26.2 Å². The first-order chi connectivity index (χ1) is 11.4. The van der Waals surface area contributed by atoms with E-state index < -0.39 is 0 Å². The zero-order chi connectivity index (χ0) is 17.2. The Hall–Kier alpha value is -0.490. The minimum Gasteiger partial charge on any atom is -0.374 e. The van der Waals surface area contributed by atoms with Gasteiger partial charge in [0.15, 0.2) is 0 Å². The van der Waals surface area contributed by atoms with Gasteiger partial charge in [-0.05, 0) is 51.6 Å². The van der Waals surface area contributed by atoms with Gasteiger partial charge in [0, 0.05) is 30.4 Å². The van der Waals surface area contributed by atoms with Gasteiger partial charge in [-0.3, -0.25) is 4.90 Å². The third kappa shape index (κ3) is 4.18. The van der Waals surface area contributed by atoms with Crippen molar-refractivity contribution in [3.63, 3.8) is 0 Å². The van der Waals surface area contributed by atoms with Crippen molar-refractivity contribution in [3.05, 3.63) is 16.1 Å². The number of nitrogens with one attached hydrogen (secondary N) is 1. The number of aromatic nitrogens is 1. The Balaban J connectivity index is 1.58. The molecule has 136 valence electrons. The lowest BCUT2D eigenvalue weighted by molar-refractivity contribution is -0.0296. The summed E-state index contributed by atoms with van der Waals surface area (Å²) in [5.41, 5.74) is 3.92. The Morgan fingerprint density at radius 3 is 2.75 bits per heavy atom. The summed E-state index contributed by atoms with van der Waals surface area (Å²) in [7, 11) is 4.21. The van der Waals surface area contributed by atoms with E-state index >= 15 is 0 Å². The van der Waals surface area contributed by atoms with E-state index in [1.54, 1.807) is 0 Å². The topological polar surface area (TPSA) is 37.4 Å². The molecule has 1 saturated heterocycles. The molecule has 0 unspecified atom stereocenters. The summed E-state index contributed by atoms with van der Waals surface area (Å²) in [6.07, 6.45) is 6.09. The molecule has 4 nitrogen and oxygen atoms in total. The molecule has 1 N–H and O–H groups in total. The standard InChI is InChI=1S/C19H33N3OS/c1-18(2)12-19(23-13-18)7-5-15(6-8-19)17-16(24-14-21-17)11-22(4)10-9-20-3/h14-15,20H,5-13H2,1-4H3/t15-,19-. The number of ether oxygens (including phenoxy) is 1. The number of nitrogens with zero attached hydrogens (tertiary/aromatic N) is 2. The highest BCUT2D eigenvalue weighted by molar-refractivity contribution is 7.09. The van der Waals surface area contributed by atoms with Crippen molar-refractivity contribution in [2.75, 3.05) is 33.8 Å². The maximum absolute atomic E-state index is 6.27. The predicted octanol–water partition coefficient (Wildman–Crippen LogP) is 3.64. The summed E-state index contributed by atoms with van der Waals surface area (Å²) >= 11 is 1.82. The number of likely N-dealkylation sites (N-methyl/N-ethyl adjacent to an activating group) is 2. The molecule has 2 aliphatic rings. The first kappa shape index (κ1) is 18.3. The van der Waals surface area contributed by atoms with E-state index in [0.29, 0.717) is 11.3 Å². The van der Waals surface area contributed by atoms with E-state index in [1.807, 2.05) is 23.9 Å². The minimum atomic E-state index is 0.166. The van der Waals surface area contributed by atoms with Crippen molar-refractivity contribution in [1.82, 2.24) is 15.2 Å². The van der Waals surface area contributed by atoms with Gasteiger partial charge in [-0.25, -0.2) is 4.98 Å². The second-order valence-corrected chi connectivity index (χ2v) is 9.53. The molecule has 1 aromatic rings. The lowest BCUT2D eigenvalue weighted by Crippen LogP contribution is -2.34. The highest BCUT2D eigenvalue weighted by Gasteiger charge is 2.46. The molecule has 0 radical (unpaired) electrons. The van der Waals surface area contributed by atoms with Crippen LogP contribution in [0.25, 0.3) is 0 Å². The quantitative estimate of drug-likeness (QED) is 0.849. The maximum atomic E-state index is 6.27. The molecule has 1 aliphatic heterocycles. The van der Waals surface area contributed by atoms with Gasteiger partial charge >= 0.3 is 0 Å². The molecular formula is C19H33N3OS. The van der Waals surface area contributed by atoms with Crippen LogP contribution in [0.4, 0.5) is 0 Å². The van der Waals surface area contributed by atoms with E-state index in [4.69, 9.17) is 9.72 Å². The van der Waals surface area contributed by atoms with Crippen LogP contribution >= 0.6 is 11.3 Å². The molecule has 5 heteroatoms. The van der Waals surface area contributed by atoms with Crippen molar-refractivity contribution in [2.24, 2.45) is 5.41 Å². The Morgan fingerprint density at radius 1 is 1.38 bits per heavy atom. The Bertz CT molecular complexity index is 534. The molecule has 0 aromatic carbocycles. The zero-order valence-corrected chi connectivity index (χ0v) is 16.5. The fourth-order valence-electron chi connectivity index (χ4n) is 4.42. The van der Waals surface area contributed by atoms with Crippen LogP contribution in [-0.2, 0) is 11.3 Å². The molecule has 0 atom stereocenters. The van der Waals surface area contributed by atoms with Gasteiger partial charge in [0.25, 0.3) is 0 Å². The lowest BCUT2D eigenvalue weighted by atomic mass is 9.72. The van der Waals surface area contributed by atoms with Crippen molar-refractivity contribution in [2.45, 2.75) is 64.0 Å². The number of thiazole rings is 1. The van der Waals surface area contributed by atoms with Gasteiger partial charge in [0.05, 0.1) is 23.4 Å². The van der Waals surface area contributed by atoms with Gasteiger partial charge in [-0.2, -0.15) is 0 Å². The van der Waals surface area contributed by atoms with Gasteiger partial charge in [0.1, 0.15) is 0 Å². The van der Waals surface area contributed by atoms with Crippen LogP contribution in [0.5, 0.6) is 0 Å². The van der Waals surface area contributed by atoms with Crippen LogP contribution in [0.2, 0.25) is 0 Å². The largest absolute Gasteiger partial charge is 0.374 e. The van der Waals surface area contributed by atoms with Gasteiger partial charge in [-0.15, -0.1) is 11.3 Å². The first-order valence-corrected chi connectivity index (χ1v) is 10.2. The molecule has 0 bridgehead atoms. The first-order valence-electron chi connectivity index (χ1n) is 9.32. The van der Waals surface area contributed by atoms with E-state index in [9.17, 15) is 0 Å². The zero-order valence-electron chi connectivity index (χ0n) is 15.7. The normalized spacial score (nSPS) is 29.6. The molecule has 0 amide bonds. The molecule has 2 fully saturated rings. The van der Waals surface area contributed by atoms with Crippen molar-refractivity contribution in [3.8, 4) is 0 Å². The average molecular weight is 352 g/mol. The molecule has 1 aromatic heterocycles. The SMILES string of the molecule is CNCCN(C)Cc1scnc1[C@H]1CC[C@]2(CC1)CC(C)(C)CO2. The van der Waals surface area contributed by atoms with E-state index in [1.165, 1.54) is 42.7 Å². The average Bonchev–Trinajstić information content (AvgIpc) is 3.11. The van der Waals surface area contributed by atoms with Crippen molar-refractivity contribution < 1.29 is 4.74 Å². The highest BCUT2D eigenvalue weighted by atomic mass is 32.1. The molecule has 1 saturated carbocycles. The molecule has 3 rings (SSSR count). The Kier molecular flexibility index (Phi) is 5.65. The van der Waals surface area contributed by atoms with E-state index in [2.05, 4.69) is 31.1 Å². The van der Waals surface area contributed by atoms with Crippen LogP contribution < -0.4 is 5.32 Å². The van der Waals surface area contributed by atoms with Crippen LogP contribution in [0.3, 0.4) is 0 Å². The lowest BCUT2D eigenvalue weighted by Gasteiger charge is -2.37. The Labute approximate surface area is 151 Å². The summed E-state index contributed by atoms with van der Waals surface area (Å²) in [6.45, 7) is 8.73. The highest BCUT2D eigenvalue weighted by Crippen LogP contribution is 2.50. The third-order valence-electron chi connectivity index (χ3n) is 5.68. The number of hydrogen-bond donors (Lipinski definition) is 1. The summed E-state index contributed by atoms with van der Waals surface area (Å²) in [6, 6.07) is 0. The maximum Gasteiger partial charge on any atom is 0.0798 e. The van der Waals surface area contributed by atoms with Crippen LogP contribution in [0.1, 0.15) is 62.4 Å². The van der Waals surface area contributed by atoms with E-state index in [-0.39, 0.29) is 5.60 Å². The van der Waals surface area contributed by atoms with Crippen LogP contribution in [0, 0.1) is 5.41 Å². The number of rotatable bonds is 6. The molecule has 2 heterocycles. The third-order valence-corrected chi connectivity index (χ3v) is 6.52. The van der Waals surface area contributed by atoms with Gasteiger partial charge in [0.2, 0.25) is 0 Å². The van der Waals surface area contributed by atoms with Crippen LogP contribution in [0.15, 0.2) is 5.51 Å². The molecule has 1 aliphatic carbocycles. The van der Waals surface area contributed by atoms with Gasteiger partial charge < -0.3 is 10.1 Å². The number of hydrogen-bond acceptors (Lipinski definition) is 5. The Morgan fingerprint density at radius 2 is 2.12 bits per heavy atom. The van der Waals surface area contributed by atoms with Gasteiger partial charge in [-0.1, -0.05) is 13.8 Å². The van der Waals surface area contributed by atoms with Crippen molar-refractivity contribution in [1.29, 1.82) is 0 Å². The fraction of sp³-hybridized carbons (Fsp3) is 0.842. The minimum absolute atomic E-state index is 0.166. The summed E-state index contributed by atoms with van der Waals surface area (Å²) in [4.78, 5) is 8.60. The summed E-state index contributed by atoms with van der Waals surface area (Å²) in [5.74, 6) is 0.627.